The van der Waals surface area contributed by atoms with Gasteiger partial charge in [-0.05, 0) is 31.6 Å². The maximum atomic E-state index is 12.1. The van der Waals surface area contributed by atoms with Crippen LogP contribution in [0.3, 0.4) is 0 Å². The molecule has 1 aliphatic carbocycles. The van der Waals surface area contributed by atoms with E-state index in [1.54, 1.807) is 0 Å². The number of amides is 2. The van der Waals surface area contributed by atoms with Crippen molar-refractivity contribution in [2.45, 2.75) is 58.0 Å². The highest BCUT2D eigenvalue weighted by atomic mass is 35.5. The van der Waals surface area contributed by atoms with Gasteiger partial charge in [-0.1, -0.05) is 13.8 Å². The molecule has 2 rings (SSSR count). The van der Waals surface area contributed by atoms with Crippen LogP contribution in [0.25, 0.3) is 0 Å². The number of nitrogens with two attached hydrogens (primary N) is 1. The zero-order valence-electron chi connectivity index (χ0n) is 13.0. The first-order valence-corrected chi connectivity index (χ1v) is 7.89. The van der Waals surface area contributed by atoms with Gasteiger partial charge in [0.2, 0.25) is 11.8 Å². The minimum absolute atomic E-state index is 0. The van der Waals surface area contributed by atoms with Crippen LogP contribution < -0.4 is 11.1 Å². The monoisotopic (exact) mass is 317 g/mol. The third-order valence-electron chi connectivity index (χ3n) is 4.65. The van der Waals surface area contributed by atoms with E-state index in [0.717, 1.165) is 12.8 Å². The summed E-state index contributed by atoms with van der Waals surface area (Å²) in [5.41, 5.74) is 5.98. The molecule has 3 N–H and O–H groups in total. The summed E-state index contributed by atoms with van der Waals surface area (Å²) >= 11 is 0. The highest BCUT2D eigenvalue weighted by molar-refractivity contribution is 5.89. The van der Waals surface area contributed by atoms with Gasteiger partial charge in [-0.3, -0.25) is 9.59 Å². The molecular weight excluding hydrogens is 290 g/mol. The lowest BCUT2D eigenvalue weighted by Gasteiger charge is -2.26. The molecule has 1 saturated heterocycles. The van der Waals surface area contributed by atoms with Crippen molar-refractivity contribution < 1.29 is 9.59 Å². The van der Waals surface area contributed by atoms with Crippen LogP contribution >= 0.6 is 12.4 Å². The van der Waals surface area contributed by atoms with E-state index in [4.69, 9.17) is 5.73 Å². The fraction of sp³-hybridized carbons (Fsp3) is 0.867. The number of carbonyl (C=O) groups excluding carboxylic acids is 2. The molecule has 5 nitrogen and oxygen atoms in total. The average molecular weight is 318 g/mol. The molecule has 21 heavy (non-hydrogen) atoms. The summed E-state index contributed by atoms with van der Waals surface area (Å²) < 4.78 is 0. The van der Waals surface area contributed by atoms with Gasteiger partial charge in [0.25, 0.3) is 0 Å². The van der Waals surface area contributed by atoms with Crippen molar-refractivity contribution in [1.82, 2.24) is 10.2 Å². The Morgan fingerprint density at radius 1 is 1.38 bits per heavy atom. The van der Waals surface area contributed by atoms with E-state index >= 15 is 0 Å². The van der Waals surface area contributed by atoms with Crippen LogP contribution in [0.2, 0.25) is 0 Å². The molecule has 2 atom stereocenters. The highest BCUT2D eigenvalue weighted by Crippen LogP contribution is 2.31. The van der Waals surface area contributed by atoms with E-state index in [1.165, 1.54) is 12.8 Å². The number of likely N-dealkylation sites (tertiary alicyclic amines) is 1. The van der Waals surface area contributed by atoms with Crippen molar-refractivity contribution in [3.8, 4) is 0 Å². The predicted octanol–water partition coefficient (Wildman–Crippen LogP) is 1.30. The van der Waals surface area contributed by atoms with Crippen LogP contribution in [0.15, 0.2) is 0 Å². The topological polar surface area (TPSA) is 75.4 Å². The predicted molar refractivity (Wildman–Crippen MR) is 85.1 cm³/mol. The van der Waals surface area contributed by atoms with Crippen molar-refractivity contribution in [2.75, 3.05) is 13.1 Å². The molecule has 6 heteroatoms. The number of carbonyl (C=O) groups is 2. The molecule has 0 spiro atoms. The summed E-state index contributed by atoms with van der Waals surface area (Å²) in [4.78, 5) is 26.0. The van der Waals surface area contributed by atoms with Crippen molar-refractivity contribution in [1.29, 1.82) is 0 Å². The summed E-state index contributed by atoms with van der Waals surface area (Å²) in [6.07, 6.45) is 4.61. The van der Waals surface area contributed by atoms with Crippen LogP contribution in [-0.4, -0.2) is 41.9 Å². The quantitative estimate of drug-likeness (QED) is 0.743. The smallest absolute Gasteiger partial charge is 0.225 e. The van der Waals surface area contributed by atoms with Gasteiger partial charge in [0, 0.05) is 31.6 Å². The van der Waals surface area contributed by atoms with E-state index < -0.39 is 0 Å². The molecule has 0 bridgehead atoms. The Morgan fingerprint density at radius 2 is 2.00 bits per heavy atom. The van der Waals surface area contributed by atoms with Gasteiger partial charge in [0.15, 0.2) is 0 Å². The van der Waals surface area contributed by atoms with E-state index in [0.29, 0.717) is 25.4 Å². The van der Waals surface area contributed by atoms with E-state index in [-0.39, 0.29) is 42.2 Å². The maximum absolute atomic E-state index is 12.1. The second-order valence-electron chi connectivity index (χ2n) is 6.16. The zero-order valence-corrected chi connectivity index (χ0v) is 13.8. The zero-order chi connectivity index (χ0) is 14.7. The van der Waals surface area contributed by atoms with Crippen LogP contribution in [0.4, 0.5) is 0 Å². The molecule has 0 radical (unpaired) electrons. The first-order chi connectivity index (χ1) is 9.56. The second kappa shape index (κ2) is 7.99. The Kier molecular flexibility index (Phi) is 6.94. The first-order valence-electron chi connectivity index (χ1n) is 7.89. The molecule has 2 aliphatic rings. The molecule has 1 aliphatic heterocycles. The lowest BCUT2D eigenvalue weighted by Crippen LogP contribution is -2.42. The van der Waals surface area contributed by atoms with Crippen molar-refractivity contribution in [2.24, 2.45) is 17.6 Å². The molecule has 2 unspecified atom stereocenters. The molecule has 0 aromatic carbocycles. The van der Waals surface area contributed by atoms with Crippen molar-refractivity contribution >= 4 is 24.2 Å². The molecule has 0 aromatic heterocycles. The fourth-order valence-electron chi connectivity index (χ4n) is 3.04. The number of halogens is 1. The number of hydrogen-bond acceptors (Lipinski definition) is 3. The van der Waals surface area contributed by atoms with E-state index in [1.807, 2.05) is 4.90 Å². The number of rotatable bonds is 7. The van der Waals surface area contributed by atoms with Crippen LogP contribution in [-0.2, 0) is 9.59 Å². The van der Waals surface area contributed by atoms with Crippen LogP contribution in [0.1, 0.15) is 46.0 Å². The maximum Gasteiger partial charge on any atom is 0.225 e. The van der Waals surface area contributed by atoms with E-state index in [2.05, 4.69) is 19.2 Å². The van der Waals surface area contributed by atoms with E-state index in [9.17, 15) is 9.59 Å². The average Bonchev–Trinajstić information content (AvgIpc) is 3.22. The van der Waals surface area contributed by atoms with Crippen LogP contribution in [0.5, 0.6) is 0 Å². The molecular formula is C15H28ClN3O2. The normalized spacial score (nSPS) is 23.1. The highest BCUT2D eigenvalue weighted by Gasteiger charge is 2.37. The number of nitrogens with zero attached hydrogens (tertiary/aromatic N) is 1. The minimum atomic E-state index is -0.200. The lowest BCUT2D eigenvalue weighted by atomic mass is 10.1. The Balaban J connectivity index is 0.00000220. The summed E-state index contributed by atoms with van der Waals surface area (Å²) in [5.74, 6) is 0.490. The summed E-state index contributed by atoms with van der Waals surface area (Å²) in [7, 11) is 0. The van der Waals surface area contributed by atoms with Crippen molar-refractivity contribution in [3.63, 3.8) is 0 Å². The molecule has 1 saturated carbocycles. The largest absolute Gasteiger partial charge is 0.354 e. The minimum Gasteiger partial charge on any atom is -0.354 e. The van der Waals surface area contributed by atoms with Gasteiger partial charge in [-0.25, -0.2) is 0 Å². The molecule has 1 heterocycles. The van der Waals surface area contributed by atoms with Gasteiger partial charge in [-0.2, -0.15) is 0 Å². The second-order valence-corrected chi connectivity index (χ2v) is 6.16. The van der Waals surface area contributed by atoms with Gasteiger partial charge in [0.05, 0.1) is 5.92 Å². The Bertz CT molecular complexity index is 370. The molecule has 2 amide bonds. The standard InChI is InChI=1S/C15H27N3O2.ClH/c1-3-12(4-2)18-9-11(7-14(18)19)15(20)17-8-13(16)10-5-6-10;/h10-13H,3-9,16H2,1-2H3,(H,17,20);1H. The Hall–Kier alpha value is -0.810. The fourth-order valence-corrected chi connectivity index (χ4v) is 3.04. The van der Waals surface area contributed by atoms with Gasteiger partial charge in [-0.15, -0.1) is 12.4 Å². The van der Waals surface area contributed by atoms with Crippen LogP contribution in [0, 0.1) is 11.8 Å². The molecule has 0 aromatic rings. The van der Waals surface area contributed by atoms with Crippen molar-refractivity contribution in [3.05, 3.63) is 0 Å². The third-order valence-corrected chi connectivity index (χ3v) is 4.65. The summed E-state index contributed by atoms with van der Waals surface area (Å²) in [6, 6.07) is 0.347. The molecule has 2 fully saturated rings. The summed E-state index contributed by atoms with van der Waals surface area (Å²) in [6.45, 7) is 5.28. The molecule has 122 valence electrons. The van der Waals surface area contributed by atoms with Gasteiger partial charge < -0.3 is 16.0 Å². The third kappa shape index (κ3) is 4.58. The number of nitrogens with one attached hydrogen (secondary N) is 1. The SMILES string of the molecule is CCC(CC)N1CC(C(=O)NCC(N)C2CC2)CC1=O.Cl. The first kappa shape index (κ1) is 18.2. The Morgan fingerprint density at radius 3 is 2.52 bits per heavy atom. The summed E-state index contributed by atoms with van der Waals surface area (Å²) in [5, 5.41) is 2.92. The van der Waals surface area contributed by atoms with Gasteiger partial charge >= 0.3 is 0 Å². The van der Waals surface area contributed by atoms with Gasteiger partial charge in [0.1, 0.15) is 0 Å². The number of hydrogen-bond donors (Lipinski definition) is 2. The lowest BCUT2D eigenvalue weighted by molar-refractivity contribution is -0.130. The Labute approximate surface area is 133 Å².